The second-order valence-electron chi connectivity index (χ2n) is 10.1. The minimum atomic E-state index is -1.16. The summed E-state index contributed by atoms with van der Waals surface area (Å²) in [6.07, 6.45) is -0.101. The quantitative estimate of drug-likeness (QED) is 0.134. The Labute approximate surface area is 254 Å². The fraction of sp³-hybridized carbons (Fsp3) is 0.556. The molecular formula is C27H38N6O9S. The molecular weight excluding hydrogens is 584 g/mol. The normalized spacial score (nSPS) is 17.0. The van der Waals surface area contributed by atoms with Crippen LogP contribution in [0.2, 0.25) is 0 Å². The number of rotatable bonds is 14. The highest BCUT2D eigenvalue weighted by molar-refractivity contribution is 7.78. The number of carboxylic acids is 4. The Kier molecular flexibility index (Phi) is 15.4. The van der Waals surface area contributed by atoms with Gasteiger partial charge in [-0.25, -0.2) is 0 Å². The van der Waals surface area contributed by atoms with E-state index in [2.05, 4.69) is 27.7 Å². The first-order valence-corrected chi connectivity index (χ1v) is 14.1. The van der Waals surface area contributed by atoms with Crippen molar-refractivity contribution < 1.29 is 44.4 Å². The van der Waals surface area contributed by atoms with Crippen LogP contribution in [0.15, 0.2) is 29.3 Å². The van der Waals surface area contributed by atoms with Crippen molar-refractivity contribution in [3.05, 3.63) is 29.8 Å². The van der Waals surface area contributed by atoms with Crippen molar-refractivity contribution in [2.24, 2.45) is 4.99 Å². The lowest BCUT2D eigenvalue weighted by atomic mass is 10.1. The van der Waals surface area contributed by atoms with Crippen molar-refractivity contribution in [3.63, 3.8) is 0 Å². The average molecular weight is 623 g/mol. The van der Waals surface area contributed by atoms with E-state index >= 15 is 0 Å². The van der Waals surface area contributed by atoms with E-state index in [0.717, 1.165) is 5.56 Å². The van der Waals surface area contributed by atoms with Gasteiger partial charge in [-0.1, -0.05) is 12.1 Å². The van der Waals surface area contributed by atoms with Crippen molar-refractivity contribution >= 4 is 52.9 Å². The molecule has 0 bridgehead atoms. The van der Waals surface area contributed by atoms with E-state index in [1.165, 1.54) is 0 Å². The molecule has 1 heterocycles. The maximum Gasteiger partial charge on any atom is 0.320 e. The molecule has 1 aliphatic heterocycles. The number of carbonyl (C=O) groups excluding carboxylic acids is 1. The predicted molar refractivity (Wildman–Crippen MR) is 157 cm³/mol. The number of carbonyl (C=O) groups is 5. The summed E-state index contributed by atoms with van der Waals surface area (Å²) in [6.45, 7) is 0.812. The van der Waals surface area contributed by atoms with E-state index in [0.29, 0.717) is 5.69 Å². The molecule has 1 atom stereocenters. The second-order valence-corrected chi connectivity index (χ2v) is 10.3. The number of carboxylic acid groups (broad SMARTS) is 4. The average Bonchev–Trinajstić information content (AvgIpc) is 2.92. The first-order valence-electron chi connectivity index (χ1n) is 13.7. The first-order chi connectivity index (χ1) is 20.5. The van der Waals surface area contributed by atoms with E-state index in [-0.39, 0.29) is 97.3 Å². The molecule has 1 saturated heterocycles. The number of amides is 1. The van der Waals surface area contributed by atoms with Gasteiger partial charge in [0.25, 0.3) is 0 Å². The fourth-order valence-corrected chi connectivity index (χ4v) is 4.78. The molecule has 1 amide bonds. The highest BCUT2D eigenvalue weighted by Crippen LogP contribution is 2.13. The second kappa shape index (κ2) is 18.7. The highest BCUT2D eigenvalue weighted by Gasteiger charge is 2.28. The third kappa shape index (κ3) is 14.3. The van der Waals surface area contributed by atoms with Crippen molar-refractivity contribution in [2.45, 2.75) is 25.4 Å². The van der Waals surface area contributed by atoms with Gasteiger partial charge < -0.3 is 25.7 Å². The van der Waals surface area contributed by atoms with Crippen LogP contribution in [0.1, 0.15) is 18.4 Å². The van der Waals surface area contributed by atoms with Gasteiger partial charge in [-0.3, -0.25) is 43.6 Å². The molecule has 5 N–H and O–H groups in total. The lowest BCUT2D eigenvalue weighted by molar-refractivity contribution is -0.145. The molecule has 1 aromatic carbocycles. The zero-order valence-corrected chi connectivity index (χ0v) is 24.6. The Morgan fingerprint density at radius 3 is 1.60 bits per heavy atom. The smallest absolute Gasteiger partial charge is 0.320 e. The summed E-state index contributed by atoms with van der Waals surface area (Å²) in [5.41, 5.74) is 1.44. The number of thiocarbonyl (C=S) groups is 1. The molecule has 0 spiro atoms. The van der Waals surface area contributed by atoms with E-state index in [1.54, 1.807) is 43.9 Å². The van der Waals surface area contributed by atoms with Crippen LogP contribution in [0.5, 0.6) is 0 Å². The van der Waals surface area contributed by atoms with Crippen LogP contribution in [-0.4, -0.2) is 153 Å². The number of benzene rings is 1. The Hall–Kier alpha value is -3.79. The summed E-state index contributed by atoms with van der Waals surface area (Å²) in [5, 5.41) is 43.2. The van der Waals surface area contributed by atoms with Crippen LogP contribution in [0.4, 0.5) is 5.69 Å². The molecule has 0 saturated carbocycles. The van der Waals surface area contributed by atoms with Gasteiger partial charge in [-0.2, -0.15) is 4.99 Å². The molecule has 0 aromatic heterocycles. The summed E-state index contributed by atoms with van der Waals surface area (Å²) in [4.78, 5) is 69.6. The zero-order valence-electron chi connectivity index (χ0n) is 23.8. The minimum absolute atomic E-state index is 0.0201. The van der Waals surface area contributed by atoms with E-state index in [4.69, 9.17) is 0 Å². The standard InChI is InChI=1S/C27H38N6O9S/c34-23(28-15-20-1-3-21(4-2-20)29-19-43)6-5-22(27(41)42)33-13-11-31(17-25(37)38)9-7-30(16-24(35)36)8-10-32(12-14-33)18-26(39)40/h1-4,22H,5-18H2,(H,28,34)(H,35,36)(H,37,38)(H,39,40)(H,41,42). The number of nitrogens with zero attached hydrogens (tertiary/aromatic N) is 5. The number of aliphatic carboxylic acids is 4. The van der Waals surface area contributed by atoms with Crippen molar-refractivity contribution in [2.75, 3.05) is 72.0 Å². The molecule has 2 rings (SSSR count). The van der Waals surface area contributed by atoms with Gasteiger partial charge in [0, 0.05) is 65.3 Å². The fourth-order valence-electron chi connectivity index (χ4n) is 4.67. The van der Waals surface area contributed by atoms with Crippen molar-refractivity contribution in [1.82, 2.24) is 24.9 Å². The summed E-state index contributed by atoms with van der Waals surface area (Å²) < 4.78 is 0. The topological polar surface area (TPSA) is 204 Å². The van der Waals surface area contributed by atoms with Gasteiger partial charge in [0.1, 0.15) is 6.04 Å². The molecule has 43 heavy (non-hydrogen) atoms. The minimum Gasteiger partial charge on any atom is -0.480 e. The molecule has 15 nitrogen and oxygen atoms in total. The van der Waals surface area contributed by atoms with Crippen LogP contribution >= 0.6 is 12.2 Å². The predicted octanol–water partition coefficient (Wildman–Crippen LogP) is -0.254. The molecule has 1 unspecified atom stereocenters. The van der Waals surface area contributed by atoms with Crippen molar-refractivity contribution in [3.8, 4) is 0 Å². The highest BCUT2D eigenvalue weighted by atomic mass is 32.1. The summed E-state index contributed by atoms with van der Waals surface area (Å²) in [5.74, 6) is -4.72. The number of isothiocyanates is 1. The van der Waals surface area contributed by atoms with Crippen molar-refractivity contribution in [1.29, 1.82) is 0 Å². The zero-order chi connectivity index (χ0) is 31.8. The molecule has 1 aromatic rings. The van der Waals surface area contributed by atoms with E-state index < -0.39 is 29.9 Å². The number of hydrogen-bond acceptors (Lipinski definition) is 11. The van der Waals surface area contributed by atoms with Crippen LogP contribution in [0.25, 0.3) is 0 Å². The molecule has 0 radical (unpaired) electrons. The molecule has 16 heteroatoms. The number of aliphatic imine (C=N–C) groups is 1. The van der Waals surface area contributed by atoms with E-state index in [1.807, 2.05) is 0 Å². The third-order valence-electron chi connectivity index (χ3n) is 6.92. The molecule has 0 aliphatic carbocycles. The number of nitrogens with one attached hydrogen (secondary N) is 1. The van der Waals surface area contributed by atoms with Gasteiger partial charge in [0.15, 0.2) is 0 Å². The Balaban J connectivity index is 2.13. The van der Waals surface area contributed by atoms with Crippen LogP contribution in [-0.2, 0) is 30.5 Å². The molecule has 1 fully saturated rings. The molecule has 1 aliphatic rings. The van der Waals surface area contributed by atoms with Gasteiger partial charge >= 0.3 is 23.9 Å². The Morgan fingerprint density at radius 2 is 1.21 bits per heavy atom. The SMILES string of the molecule is O=C(O)CN1CCN(CC(=O)O)CCN(C(CCC(=O)NCc2ccc(N=C=S)cc2)C(=O)O)CCN(CC(=O)O)CC1. The number of hydrogen-bond donors (Lipinski definition) is 5. The van der Waals surface area contributed by atoms with Gasteiger partial charge in [-0.15, -0.1) is 0 Å². The van der Waals surface area contributed by atoms with Gasteiger partial charge in [0.2, 0.25) is 5.91 Å². The maximum atomic E-state index is 12.6. The van der Waals surface area contributed by atoms with Crippen LogP contribution in [0, 0.1) is 0 Å². The van der Waals surface area contributed by atoms with Crippen LogP contribution < -0.4 is 5.32 Å². The largest absolute Gasteiger partial charge is 0.480 e. The first kappa shape index (κ1) is 35.4. The summed E-state index contributed by atoms with van der Waals surface area (Å²) in [6, 6.07) is 5.92. The van der Waals surface area contributed by atoms with Gasteiger partial charge in [0.05, 0.1) is 30.5 Å². The maximum absolute atomic E-state index is 12.6. The summed E-state index contributed by atoms with van der Waals surface area (Å²) >= 11 is 4.58. The van der Waals surface area contributed by atoms with Gasteiger partial charge in [-0.05, 0) is 36.3 Å². The molecule has 236 valence electrons. The Morgan fingerprint density at radius 1 is 0.767 bits per heavy atom. The third-order valence-corrected chi connectivity index (χ3v) is 7.01. The lowest BCUT2D eigenvalue weighted by Crippen LogP contribution is -2.52. The Bertz CT molecular complexity index is 1130. The summed E-state index contributed by atoms with van der Waals surface area (Å²) in [7, 11) is 0. The lowest BCUT2D eigenvalue weighted by Gasteiger charge is -2.35. The van der Waals surface area contributed by atoms with E-state index in [9.17, 15) is 44.4 Å². The van der Waals surface area contributed by atoms with Crippen LogP contribution in [0.3, 0.4) is 0 Å². The monoisotopic (exact) mass is 622 g/mol.